The van der Waals surface area contributed by atoms with Gasteiger partial charge in [-0.1, -0.05) is 11.6 Å². The van der Waals surface area contributed by atoms with Crippen molar-refractivity contribution in [3.05, 3.63) is 32.8 Å². The average molecular weight is 314 g/mol. The summed E-state index contributed by atoms with van der Waals surface area (Å²) in [6.07, 6.45) is 0. The van der Waals surface area contributed by atoms with Crippen molar-refractivity contribution in [3.8, 4) is 0 Å². The van der Waals surface area contributed by atoms with Crippen molar-refractivity contribution >= 4 is 34.9 Å². The number of carbonyl (C=O) groups excluding carboxylic acids is 1. The largest absolute Gasteiger partial charge is 0.478 e. The first-order chi connectivity index (χ1) is 9.81. The van der Waals surface area contributed by atoms with E-state index < -0.39 is 16.6 Å². The number of amides is 1. The molecule has 1 aliphatic heterocycles. The number of carboxylic acids is 1. The van der Waals surface area contributed by atoms with Gasteiger partial charge in [0.1, 0.15) is 0 Å². The van der Waals surface area contributed by atoms with E-state index in [1.807, 2.05) is 0 Å². The second-order valence-electron chi connectivity index (χ2n) is 4.62. The molecule has 0 spiro atoms. The highest BCUT2D eigenvalue weighted by molar-refractivity contribution is 6.34. The van der Waals surface area contributed by atoms with Gasteiger partial charge in [-0.05, 0) is 0 Å². The number of anilines is 1. The minimum atomic E-state index is -1.33. The van der Waals surface area contributed by atoms with Crippen LogP contribution in [0, 0.1) is 10.1 Å². The quantitative estimate of drug-likeness (QED) is 0.664. The highest BCUT2D eigenvalue weighted by atomic mass is 35.5. The fourth-order valence-electron chi connectivity index (χ4n) is 2.12. The maximum atomic E-state index is 11.7. The molecule has 21 heavy (non-hydrogen) atoms. The molecule has 9 heteroatoms. The fourth-order valence-corrected chi connectivity index (χ4v) is 2.46. The number of aromatic carboxylic acids is 1. The van der Waals surface area contributed by atoms with E-state index in [2.05, 4.69) is 0 Å². The molecule has 1 aliphatic rings. The topological polar surface area (TPSA) is 104 Å². The number of carbonyl (C=O) groups is 2. The van der Waals surface area contributed by atoms with Crippen molar-refractivity contribution in [1.29, 1.82) is 0 Å². The van der Waals surface area contributed by atoms with E-state index in [0.717, 1.165) is 12.1 Å². The summed E-state index contributed by atoms with van der Waals surface area (Å²) in [6.45, 7) is 0.805. The molecule has 112 valence electrons. The molecule has 0 radical (unpaired) electrons. The minimum absolute atomic E-state index is 0.0195. The van der Waals surface area contributed by atoms with Crippen molar-refractivity contribution < 1.29 is 19.6 Å². The number of nitro benzene ring substituents is 1. The lowest BCUT2D eigenvalue weighted by Crippen LogP contribution is -2.49. The Morgan fingerprint density at radius 1 is 1.43 bits per heavy atom. The summed E-state index contributed by atoms with van der Waals surface area (Å²) < 4.78 is 0. The summed E-state index contributed by atoms with van der Waals surface area (Å²) in [5.41, 5.74) is -0.552. The third kappa shape index (κ3) is 2.89. The van der Waals surface area contributed by atoms with Gasteiger partial charge in [0, 0.05) is 32.3 Å². The van der Waals surface area contributed by atoms with Crippen LogP contribution in [0.3, 0.4) is 0 Å². The molecule has 1 N–H and O–H groups in total. The van der Waals surface area contributed by atoms with Crippen molar-refractivity contribution in [3.63, 3.8) is 0 Å². The first-order valence-electron chi connectivity index (χ1n) is 6.01. The van der Waals surface area contributed by atoms with Gasteiger partial charge in [0.15, 0.2) is 0 Å². The predicted molar refractivity (Wildman–Crippen MR) is 74.9 cm³/mol. The second-order valence-corrected chi connectivity index (χ2v) is 5.03. The Kier molecular flexibility index (Phi) is 3.99. The van der Waals surface area contributed by atoms with Gasteiger partial charge < -0.3 is 14.9 Å². The van der Waals surface area contributed by atoms with Crippen molar-refractivity contribution in [2.24, 2.45) is 0 Å². The number of piperazine rings is 1. The minimum Gasteiger partial charge on any atom is -0.478 e. The first kappa shape index (κ1) is 15.0. The molecule has 8 nitrogen and oxygen atoms in total. The molecule has 1 aromatic carbocycles. The summed E-state index contributed by atoms with van der Waals surface area (Å²) in [6, 6.07) is 2.04. The van der Waals surface area contributed by atoms with Crippen molar-refractivity contribution in [1.82, 2.24) is 4.90 Å². The van der Waals surface area contributed by atoms with Crippen LogP contribution in [0.15, 0.2) is 12.1 Å². The molecule has 0 saturated carbocycles. The van der Waals surface area contributed by atoms with Crippen LogP contribution in [0.5, 0.6) is 0 Å². The Labute approximate surface area is 124 Å². The number of halogens is 1. The number of carboxylic acid groups (broad SMARTS) is 1. The second kappa shape index (κ2) is 5.57. The number of nitro groups is 1. The number of likely N-dealkylation sites (N-methyl/N-ethyl adjacent to an activating group) is 1. The molecule has 0 atom stereocenters. The molecular weight excluding hydrogens is 302 g/mol. The number of hydrogen-bond donors (Lipinski definition) is 1. The number of non-ortho nitro benzene ring substituents is 1. The van der Waals surface area contributed by atoms with Crippen LogP contribution in [-0.4, -0.2) is 53.5 Å². The van der Waals surface area contributed by atoms with E-state index in [1.165, 1.54) is 9.80 Å². The smallest absolute Gasteiger partial charge is 0.338 e. The Hall–Kier alpha value is -2.35. The monoisotopic (exact) mass is 313 g/mol. The summed E-state index contributed by atoms with van der Waals surface area (Å²) in [5.74, 6) is -1.51. The van der Waals surface area contributed by atoms with Gasteiger partial charge in [-0.3, -0.25) is 14.9 Å². The summed E-state index contributed by atoms with van der Waals surface area (Å²) in [5, 5.41) is 20.0. The van der Waals surface area contributed by atoms with E-state index in [4.69, 9.17) is 11.6 Å². The molecule has 2 rings (SSSR count). The van der Waals surface area contributed by atoms with Gasteiger partial charge in [0.25, 0.3) is 5.69 Å². The van der Waals surface area contributed by atoms with E-state index >= 15 is 0 Å². The number of hydrogen-bond acceptors (Lipinski definition) is 5. The maximum absolute atomic E-state index is 11.7. The van der Waals surface area contributed by atoms with E-state index in [9.17, 15) is 24.8 Å². The molecule has 1 fully saturated rings. The molecular formula is C12H12ClN3O5. The van der Waals surface area contributed by atoms with Crippen LogP contribution in [-0.2, 0) is 4.79 Å². The summed E-state index contributed by atoms with van der Waals surface area (Å²) in [4.78, 5) is 36.2. The van der Waals surface area contributed by atoms with Gasteiger partial charge in [0.2, 0.25) is 5.91 Å². The maximum Gasteiger partial charge on any atom is 0.338 e. The predicted octanol–water partition coefficient (Wildman–Crippen LogP) is 1.22. The van der Waals surface area contributed by atoms with Crippen LogP contribution in [0.4, 0.5) is 11.4 Å². The van der Waals surface area contributed by atoms with Gasteiger partial charge >= 0.3 is 5.97 Å². The SMILES string of the molecule is CN1CCN(c2c(Cl)cc([N+](=O)[O-])cc2C(=O)O)CC1=O. The number of benzene rings is 1. The van der Waals surface area contributed by atoms with Crippen LogP contribution >= 0.6 is 11.6 Å². The molecule has 1 amide bonds. The lowest BCUT2D eigenvalue weighted by molar-refractivity contribution is -0.384. The zero-order valence-electron chi connectivity index (χ0n) is 11.1. The zero-order chi connectivity index (χ0) is 15.7. The summed E-state index contributed by atoms with van der Waals surface area (Å²) >= 11 is 6.01. The highest BCUT2D eigenvalue weighted by Crippen LogP contribution is 2.34. The van der Waals surface area contributed by atoms with Gasteiger partial charge in [-0.2, -0.15) is 0 Å². The molecule has 1 saturated heterocycles. The molecule has 0 unspecified atom stereocenters. The Balaban J connectivity index is 2.50. The molecule has 0 bridgehead atoms. The van der Waals surface area contributed by atoms with Crippen LogP contribution < -0.4 is 4.90 Å². The van der Waals surface area contributed by atoms with Crippen molar-refractivity contribution in [2.75, 3.05) is 31.6 Å². The molecule has 0 aromatic heterocycles. The van der Waals surface area contributed by atoms with E-state index in [-0.39, 0.29) is 28.7 Å². The lowest BCUT2D eigenvalue weighted by Gasteiger charge is -2.34. The van der Waals surface area contributed by atoms with Crippen LogP contribution in [0.1, 0.15) is 10.4 Å². The lowest BCUT2D eigenvalue weighted by atomic mass is 10.1. The third-order valence-corrected chi connectivity index (χ3v) is 3.55. The van der Waals surface area contributed by atoms with Gasteiger partial charge in [0.05, 0.1) is 27.7 Å². The van der Waals surface area contributed by atoms with Gasteiger partial charge in [-0.25, -0.2) is 4.79 Å². The normalized spacial score (nSPS) is 15.2. The molecule has 1 aromatic rings. The standard InChI is InChI=1S/C12H12ClN3O5/c1-14-2-3-15(6-10(14)17)11-8(12(18)19)4-7(16(20)21)5-9(11)13/h4-5H,2-3,6H2,1H3,(H,18,19). The van der Waals surface area contributed by atoms with Crippen molar-refractivity contribution in [2.45, 2.75) is 0 Å². The van der Waals surface area contributed by atoms with E-state index in [0.29, 0.717) is 13.1 Å². The van der Waals surface area contributed by atoms with Crippen LogP contribution in [0.25, 0.3) is 0 Å². The summed E-state index contributed by atoms with van der Waals surface area (Å²) in [7, 11) is 1.65. The molecule has 0 aliphatic carbocycles. The number of rotatable bonds is 3. The van der Waals surface area contributed by atoms with E-state index in [1.54, 1.807) is 7.05 Å². The number of nitrogens with zero attached hydrogens (tertiary/aromatic N) is 3. The Bertz CT molecular complexity index is 634. The van der Waals surface area contributed by atoms with Gasteiger partial charge in [-0.15, -0.1) is 0 Å². The van der Waals surface area contributed by atoms with Crippen LogP contribution in [0.2, 0.25) is 5.02 Å². The first-order valence-corrected chi connectivity index (χ1v) is 6.39. The highest BCUT2D eigenvalue weighted by Gasteiger charge is 2.28. The zero-order valence-corrected chi connectivity index (χ0v) is 11.8. The molecule has 1 heterocycles. The Morgan fingerprint density at radius 2 is 2.10 bits per heavy atom. The fraction of sp³-hybridized carbons (Fsp3) is 0.333. The third-order valence-electron chi connectivity index (χ3n) is 3.26. The Morgan fingerprint density at radius 3 is 2.62 bits per heavy atom. The average Bonchev–Trinajstić information content (AvgIpc) is 2.41.